The topological polar surface area (TPSA) is 130 Å². The fraction of sp³-hybridized carbons (Fsp3) is 0.289. The molecule has 12 heteroatoms. The molecule has 10 nitrogen and oxygen atoms in total. The Labute approximate surface area is 299 Å². The first-order valence-electron chi connectivity index (χ1n) is 16.8. The van der Waals surface area contributed by atoms with Crippen LogP contribution in [-0.4, -0.2) is 51.4 Å². The van der Waals surface area contributed by atoms with E-state index in [1.807, 2.05) is 54.6 Å². The number of hydrogen-bond donors (Lipinski definition) is 4. The molecule has 0 spiro atoms. The molecule has 2 aliphatic heterocycles. The third-order valence-corrected chi connectivity index (χ3v) is 10.2. The zero-order chi connectivity index (χ0) is 34.8. The quantitative estimate of drug-likeness (QED) is 0.134. The van der Waals surface area contributed by atoms with E-state index in [0.717, 1.165) is 51.8 Å². The molecule has 5 heterocycles. The van der Waals surface area contributed by atoms with Crippen LogP contribution in [-0.2, 0) is 22.7 Å². The van der Waals surface area contributed by atoms with Gasteiger partial charge in [-0.25, -0.2) is 9.97 Å². The van der Waals surface area contributed by atoms with Crippen molar-refractivity contribution in [1.82, 2.24) is 35.6 Å². The molecule has 2 fully saturated rings. The van der Waals surface area contributed by atoms with Crippen LogP contribution in [0.3, 0.4) is 0 Å². The molecular formula is C38H37Cl2N7O3. The summed E-state index contributed by atoms with van der Waals surface area (Å²) in [6.07, 6.45) is 6.13. The molecule has 0 aliphatic carbocycles. The summed E-state index contributed by atoms with van der Waals surface area (Å²) in [6, 6.07) is 20.0. The predicted molar refractivity (Wildman–Crippen MR) is 196 cm³/mol. The van der Waals surface area contributed by atoms with Crippen molar-refractivity contribution in [3.63, 3.8) is 0 Å². The lowest BCUT2D eigenvalue weighted by Crippen LogP contribution is -2.36. The van der Waals surface area contributed by atoms with Crippen molar-refractivity contribution in [3.8, 4) is 33.5 Å². The van der Waals surface area contributed by atoms with Crippen LogP contribution in [0.25, 0.3) is 39.2 Å². The Morgan fingerprint density at radius 1 is 0.800 bits per heavy atom. The lowest BCUT2D eigenvalue weighted by molar-refractivity contribution is -0.120. The van der Waals surface area contributed by atoms with E-state index in [-0.39, 0.29) is 29.5 Å². The van der Waals surface area contributed by atoms with Crippen LogP contribution >= 0.6 is 23.2 Å². The van der Waals surface area contributed by atoms with E-state index in [1.54, 1.807) is 16.8 Å². The number of carbonyl (C=O) groups excluding carboxylic acids is 2. The number of carbonyl (C=O) groups is 2. The van der Waals surface area contributed by atoms with Gasteiger partial charge in [0.2, 0.25) is 11.8 Å². The van der Waals surface area contributed by atoms with Crippen molar-refractivity contribution < 1.29 is 9.59 Å². The van der Waals surface area contributed by atoms with Crippen LogP contribution in [0, 0.1) is 6.92 Å². The van der Waals surface area contributed by atoms with E-state index in [1.165, 1.54) is 0 Å². The maximum absolute atomic E-state index is 13.3. The lowest BCUT2D eigenvalue weighted by atomic mass is 9.92. The summed E-state index contributed by atoms with van der Waals surface area (Å²) >= 11 is 13.7. The molecular weight excluding hydrogens is 673 g/mol. The number of pyridine rings is 2. The smallest absolute Gasteiger partial charge is 0.262 e. The standard InChI is InChI=1S/C38H37Cl2N7O3/c1-22-28(23-14-15-47-33(16-23)43-19-25(38(47)50)18-42-21-27-10-13-35(49)45-27)4-2-5-29(22)30-6-3-7-31(36(30)39)32-11-8-24(37(40)46-32)17-41-20-26-9-12-34(48)44-26/h2-8,11,14-16,19,26-27,41-42H,9-10,12-13,17-18,20-21H2,1H3,(H,44,48)(H,45,49)/t26-,27-/m1/s1. The molecule has 2 aromatic carbocycles. The number of rotatable bonds is 11. The normalized spacial score (nSPS) is 17.3. The summed E-state index contributed by atoms with van der Waals surface area (Å²) in [5.74, 6) is 0.165. The minimum atomic E-state index is -0.129. The van der Waals surface area contributed by atoms with Gasteiger partial charge in [-0.3, -0.25) is 18.8 Å². The second kappa shape index (κ2) is 14.7. The van der Waals surface area contributed by atoms with Gasteiger partial charge in [0, 0.05) is 85.8 Å². The third-order valence-electron chi connectivity index (χ3n) is 9.50. The van der Waals surface area contributed by atoms with Gasteiger partial charge >= 0.3 is 0 Å². The molecule has 0 unspecified atom stereocenters. The molecule has 3 aromatic heterocycles. The molecule has 256 valence electrons. The van der Waals surface area contributed by atoms with Crippen LogP contribution in [0.1, 0.15) is 42.4 Å². The molecule has 0 saturated carbocycles. The fourth-order valence-electron chi connectivity index (χ4n) is 6.75. The van der Waals surface area contributed by atoms with Crippen molar-refractivity contribution in [3.05, 3.63) is 110 Å². The number of nitrogens with zero attached hydrogens (tertiary/aromatic N) is 3. The highest BCUT2D eigenvalue weighted by Crippen LogP contribution is 2.40. The molecule has 7 rings (SSSR count). The Morgan fingerprint density at radius 2 is 1.44 bits per heavy atom. The molecule has 2 atom stereocenters. The number of fused-ring (bicyclic) bond motifs is 1. The molecule has 50 heavy (non-hydrogen) atoms. The van der Waals surface area contributed by atoms with Crippen molar-refractivity contribution >= 4 is 40.7 Å². The van der Waals surface area contributed by atoms with E-state index in [9.17, 15) is 14.4 Å². The predicted octanol–water partition coefficient (Wildman–Crippen LogP) is 5.44. The number of hydrogen-bond acceptors (Lipinski definition) is 7. The summed E-state index contributed by atoms with van der Waals surface area (Å²) in [5, 5.41) is 13.5. The SMILES string of the molecule is Cc1c(-c2ccn3c(=O)c(CNC[C@H]4CCC(=O)N4)cnc3c2)cccc1-c1cccc(-c2ccc(CNC[C@H]3CCC(=O)N3)c(Cl)n2)c1Cl. The van der Waals surface area contributed by atoms with Crippen LogP contribution in [0.15, 0.2) is 77.9 Å². The van der Waals surface area contributed by atoms with Crippen LogP contribution in [0.2, 0.25) is 10.2 Å². The Balaban J connectivity index is 1.09. The van der Waals surface area contributed by atoms with E-state index >= 15 is 0 Å². The summed E-state index contributed by atoms with van der Waals surface area (Å²) in [7, 11) is 0. The van der Waals surface area contributed by atoms with Gasteiger partial charge in [-0.1, -0.05) is 65.7 Å². The average Bonchev–Trinajstić information content (AvgIpc) is 3.73. The zero-order valence-electron chi connectivity index (χ0n) is 27.6. The first kappa shape index (κ1) is 33.9. The summed E-state index contributed by atoms with van der Waals surface area (Å²) in [4.78, 5) is 45.5. The fourth-order valence-corrected chi connectivity index (χ4v) is 7.29. The van der Waals surface area contributed by atoms with Gasteiger partial charge in [-0.2, -0.15) is 0 Å². The highest BCUT2D eigenvalue weighted by Gasteiger charge is 2.22. The molecule has 2 aliphatic rings. The Hall–Kier alpha value is -4.61. The maximum Gasteiger partial charge on any atom is 0.262 e. The maximum atomic E-state index is 13.3. The summed E-state index contributed by atoms with van der Waals surface area (Å²) < 4.78 is 1.56. The first-order chi connectivity index (χ1) is 24.2. The third kappa shape index (κ3) is 7.15. The van der Waals surface area contributed by atoms with Crippen LogP contribution in [0.4, 0.5) is 0 Å². The van der Waals surface area contributed by atoms with E-state index in [4.69, 9.17) is 23.2 Å². The zero-order valence-corrected chi connectivity index (χ0v) is 29.1. The van der Waals surface area contributed by atoms with E-state index in [0.29, 0.717) is 66.1 Å². The largest absolute Gasteiger partial charge is 0.352 e. The number of halogens is 2. The molecule has 5 aromatic rings. The van der Waals surface area contributed by atoms with Crippen LogP contribution in [0.5, 0.6) is 0 Å². The van der Waals surface area contributed by atoms with Gasteiger partial charge in [0.15, 0.2) is 0 Å². The molecule has 2 saturated heterocycles. The van der Waals surface area contributed by atoms with Gasteiger partial charge in [-0.15, -0.1) is 0 Å². The van der Waals surface area contributed by atoms with Crippen molar-refractivity contribution in [2.24, 2.45) is 0 Å². The second-order valence-electron chi connectivity index (χ2n) is 12.9. The Bertz CT molecular complexity index is 2170. The summed E-state index contributed by atoms with van der Waals surface area (Å²) in [5.41, 5.74) is 8.11. The van der Waals surface area contributed by atoms with Crippen molar-refractivity contribution in [2.45, 2.75) is 57.8 Å². The van der Waals surface area contributed by atoms with E-state index < -0.39 is 0 Å². The molecule has 2 amide bonds. The minimum Gasteiger partial charge on any atom is -0.352 e. The Morgan fingerprint density at radius 3 is 2.10 bits per heavy atom. The number of nitrogens with one attached hydrogen (secondary N) is 4. The van der Waals surface area contributed by atoms with Gasteiger partial charge < -0.3 is 21.3 Å². The number of aromatic nitrogens is 3. The minimum absolute atomic E-state index is 0.0695. The first-order valence-corrected chi connectivity index (χ1v) is 17.6. The average molecular weight is 711 g/mol. The molecule has 4 N–H and O–H groups in total. The number of amides is 2. The monoisotopic (exact) mass is 709 g/mol. The highest BCUT2D eigenvalue weighted by atomic mass is 35.5. The second-order valence-corrected chi connectivity index (χ2v) is 13.6. The van der Waals surface area contributed by atoms with Crippen molar-refractivity contribution in [1.29, 1.82) is 0 Å². The molecule has 0 bridgehead atoms. The van der Waals surface area contributed by atoms with Gasteiger partial charge in [0.1, 0.15) is 10.8 Å². The molecule has 0 radical (unpaired) electrons. The van der Waals surface area contributed by atoms with E-state index in [2.05, 4.69) is 44.2 Å². The number of benzene rings is 2. The van der Waals surface area contributed by atoms with Gasteiger partial charge in [0.25, 0.3) is 5.56 Å². The van der Waals surface area contributed by atoms with Crippen molar-refractivity contribution in [2.75, 3.05) is 13.1 Å². The van der Waals surface area contributed by atoms with Gasteiger partial charge in [0.05, 0.1) is 10.7 Å². The van der Waals surface area contributed by atoms with Gasteiger partial charge in [-0.05, 0) is 60.2 Å². The van der Waals surface area contributed by atoms with Crippen LogP contribution < -0.4 is 26.8 Å². The highest BCUT2D eigenvalue weighted by molar-refractivity contribution is 6.36. The lowest BCUT2D eigenvalue weighted by Gasteiger charge is -2.16. The summed E-state index contributed by atoms with van der Waals surface area (Å²) in [6.45, 7) is 4.25. The Kier molecular flexibility index (Phi) is 9.96.